The zero-order chi connectivity index (χ0) is 31.4. The van der Waals surface area contributed by atoms with Crippen molar-refractivity contribution < 1.29 is 88.2 Å². The van der Waals surface area contributed by atoms with E-state index in [4.69, 9.17) is 0 Å². The third-order valence-electron chi connectivity index (χ3n) is 4.72. The summed E-state index contributed by atoms with van der Waals surface area (Å²) in [6.45, 7) is 4.79. The Morgan fingerprint density at radius 3 is 1.23 bits per heavy atom. The lowest BCUT2D eigenvalue weighted by Gasteiger charge is -2.42. The zero-order valence-electron chi connectivity index (χ0n) is 18.1. The van der Waals surface area contributed by atoms with E-state index >= 15 is 0 Å². The predicted octanol–water partition coefficient (Wildman–Crippen LogP) is 9.22. The first-order valence-corrected chi connectivity index (χ1v) is 9.17. The van der Waals surface area contributed by atoms with Crippen molar-refractivity contribution in [3.05, 3.63) is 48.2 Å². The van der Waals surface area contributed by atoms with Gasteiger partial charge in [0, 0.05) is 0 Å². The minimum absolute atomic E-state index is 0.222. The maximum absolute atomic E-state index is 13.8. The Labute approximate surface area is 203 Å². The van der Waals surface area contributed by atoms with E-state index in [0.717, 1.165) is 12.1 Å². The summed E-state index contributed by atoms with van der Waals surface area (Å²) in [6.07, 6.45) is -7.91. The molecule has 0 heterocycles. The van der Waals surface area contributed by atoms with E-state index in [1.165, 1.54) is 6.92 Å². The number of halogens is 19. The number of hydrogen-bond donors (Lipinski definition) is 0. The fourth-order valence-corrected chi connectivity index (χ4v) is 2.38. The number of rotatable bonds is 10. The summed E-state index contributed by atoms with van der Waals surface area (Å²) in [5.74, 6) is -65.3. The van der Waals surface area contributed by atoms with Gasteiger partial charge in [0.2, 0.25) is 5.83 Å². The van der Waals surface area contributed by atoms with Crippen molar-refractivity contribution in [1.29, 1.82) is 0 Å². The first kappa shape index (κ1) is 34.2. The SMILES string of the molecule is C=C(C)c1ccc(OC(F)=C(F)C(F)(F)C(F)(F)C(F)(F)C(F)(F)C(F)(F)C(F)(F)C(F)(F)C(F)(F)F)cc1. The van der Waals surface area contributed by atoms with Gasteiger partial charge >= 0.3 is 53.6 Å². The minimum Gasteiger partial charge on any atom is -0.430 e. The van der Waals surface area contributed by atoms with E-state index in [9.17, 15) is 83.4 Å². The van der Waals surface area contributed by atoms with Gasteiger partial charge in [-0.3, -0.25) is 0 Å². The largest absolute Gasteiger partial charge is 0.460 e. The standard InChI is InChI=1S/C19H9F19O/c1-7(2)8-3-5-9(6-4-8)39-11(21)10(20)12(22,23)13(24,25)14(26,27)15(28,29)16(30,31)17(32,33)18(34,35)19(36,37)38/h3-6H,1H2,2H3. The predicted molar refractivity (Wildman–Crippen MR) is 91.7 cm³/mol. The van der Waals surface area contributed by atoms with Gasteiger partial charge in [-0.15, -0.1) is 0 Å². The number of hydrogen-bond acceptors (Lipinski definition) is 1. The lowest BCUT2D eigenvalue weighted by molar-refractivity contribution is -0.460. The van der Waals surface area contributed by atoms with Crippen LogP contribution in [0.4, 0.5) is 83.4 Å². The molecule has 1 aromatic rings. The van der Waals surface area contributed by atoms with Crippen molar-refractivity contribution in [3.8, 4) is 5.75 Å². The molecule has 0 saturated heterocycles. The van der Waals surface area contributed by atoms with Crippen LogP contribution >= 0.6 is 0 Å². The van der Waals surface area contributed by atoms with Crippen molar-refractivity contribution in [2.24, 2.45) is 0 Å². The molecule has 0 fully saturated rings. The average molecular weight is 614 g/mol. The van der Waals surface area contributed by atoms with E-state index in [2.05, 4.69) is 11.3 Å². The molecule has 224 valence electrons. The van der Waals surface area contributed by atoms with Gasteiger partial charge in [-0.05, 0) is 24.6 Å². The van der Waals surface area contributed by atoms with Gasteiger partial charge in [-0.25, -0.2) is 0 Å². The van der Waals surface area contributed by atoms with E-state index < -0.39 is 65.2 Å². The number of allylic oxidation sites excluding steroid dienone is 2. The number of alkyl halides is 17. The van der Waals surface area contributed by atoms with Gasteiger partial charge in [0.25, 0.3) is 0 Å². The van der Waals surface area contributed by atoms with Crippen molar-refractivity contribution in [3.63, 3.8) is 0 Å². The van der Waals surface area contributed by atoms with Crippen molar-refractivity contribution in [1.82, 2.24) is 0 Å². The molecule has 0 atom stereocenters. The van der Waals surface area contributed by atoms with E-state index in [1.54, 1.807) is 0 Å². The van der Waals surface area contributed by atoms with Crippen LogP contribution in [0.5, 0.6) is 5.75 Å². The Morgan fingerprint density at radius 1 is 0.564 bits per heavy atom. The molecule has 0 amide bonds. The molecule has 0 N–H and O–H groups in total. The van der Waals surface area contributed by atoms with Crippen LogP contribution in [0.15, 0.2) is 42.7 Å². The van der Waals surface area contributed by atoms with Crippen LogP contribution in [0, 0.1) is 0 Å². The average Bonchev–Trinajstić information content (AvgIpc) is 2.77. The fourth-order valence-electron chi connectivity index (χ4n) is 2.38. The van der Waals surface area contributed by atoms with Crippen molar-refractivity contribution in [2.45, 2.75) is 54.6 Å². The molecule has 0 aliphatic carbocycles. The highest BCUT2D eigenvalue weighted by Gasteiger charge is 2.95. The summed E-state index contributed by atoms with van der Waals surface area (Å²) >= 11 is 0. The van der Waals surface area contributed by atoms with Crippen LogP contribution in [-0.2, 0) is 0 Å². The summed E-state index contributed by atoms with van der Waals surface area (Å²) < 4.78 is 255. The summed E-state index contributed by atoms with van der Waals surface area (Å²) in [5.41, 5.74) is 0.522. The molecule has 0 unspecified atom stereocenters. The smallest absolute Gasteiger partial charge is 0.430 e. The molecule has 0 radical (unpaired) electrons. The molecule has 0 aliphatic heterocycles. The Kier molecular flexibility index (Phi) is 8.48. The Morgan fingerprint density at radius 2 is 0.897 bits per heavy atom. The molecular formula is C19H9F19O. The van der Waals surface area contributed by atoms with Gasteiger partial charge < -0.3 is 4.74 Å². The topological polar surface area (TPSA) is 9.23 Å². The molecule has 0 bridgehead atoms. The third-order valence-corrected chi connectivity index (χ3v) is 4.72. The molecule has 0 saturated carbocycles. The van der Waals surface area contributed by atoms with Crippen molar-refractivity contribution in [2.75, 3.05) is 0 Å². The Bertz CT molecular complexity index is 1090. The second-order valence-corrected chi connectivity index (χ2v) is 7.51. The van der Waals surface area contributed by atoms with Gasteiger partial charge in [0.05, 0.1) is 0 Å². The van der Waals surface area contributed by atoms with E-state index in [0.29, 0.717) is 17.7 Å². The normalized spacial score (nSPS) is 15.7. The molecule has 39 heavy (non-hydrogen) atoms. The van der Waals surface area contributed by atoms with Crippen LogP contribution in [0.2, 0.25) is 0 Å². The van der Waals surface area contributed by atoms with Gasteiger partial charge in [-0.2, -0.15) is 83.4 Å². The maximum atomic E-state index is 13.8. The summed E-state index contributed by atoms with van der Waals surface area (Å²) in [4.78, 5) is 0. The molecule has 1 nitrogen and oxygen atoms in total. The van der Waals surface area contributed by atoms with E-state index in [-0.39, 0.29) is 5.56 Å². The summed E-state index contributed by atoms with van der Waals surface area (Å²) in [7, 11) is 0. The second-order valence-electron chi connectivity index (χ2n) is 7.51. The molecule has 1 aromatic carbocycles. The third kappa shape index (κ3) is 4.98. The number of benzene rings is 1. The first-order chi connectivity index (χ1) is 17.0. The molecule has 20 heteroatoms. The lowest BCUT2D eigenvalue weighted by Crippen LogP contribution is -2.74. The Hall–Kier alpha value is -2.83. The lowest BCUT2D eigenvalue weighted by atomic mass is 9.88. The fraction of sp³-hybridized carbons (Fsp3) is 0.474. The van der Waals surface area contributed by atoms with Crippen molar-refractivity contribution >= 4 is 5.57 Å². The molecule has 0 aromatic heterocycles. The Balaban J connectivity index is 3.62. The highest BCUT2D eigenvalue weighted by atomic mass is 19.4. The molecule has 1 rings (SSSR count). The molecule has 0 spiro atoms. The monoisotopic (exact) mass is 614 g/mol. The van der Waals surface area contributed by atoms with Gasteiger partial charge in [0.15, 0.2) is 0 Å². The maximum Gasteiger partial charge on any atom is 0.460 e. The molecule has 0 aliphatic rings. The summed E-state index contributed by atoms with van der Waals surface area (Å²) in [5, 5.41) is 0. The number of ether oxygens (including phenoxy) is 1. The first-order valence-electron chi connectivity index (χ1n) is 9.17. The molecular weight excluding hydrogens is 605 g/mol. The van der Waals surface area contributed by atoms with Crippen LogP contribution in [0.3, 0.4) is 0 Å². The van der Waals surface area contributed by atoms with Gasteiger partial charge in [0.1, 0.15) is 5.75 Å². The van der Waals surface area contributed by atoms with Crippen LogP contribution < -0.4 is 4.74 Å². The second kappa shape index (κ2) is 9.67. The van der Waals surface area contributed by atoms with Crippen LogP contribution in [0.1, 0.15) is 12.5 Å². The minimum atomic E-state index is -8.92. The van der Waals surface area contributed by atoms with Gasteiger partial charge in [-0.1, -0.05) is 24.3 Å². The highest BCUT2D eigenvalue weighted by Crippen LogP contribution is 2.64. The van der Waals surface area contributed by atoms with E-state index in [1.807, 2.05) is 0 Å². The zero-order valence-corrected chi connectivity index (χ0v) is 18.1. The summed E-state index contributed by atoms with van der Waals surface area (Å²) in [6, 6.07) is -0.506. The highest BCUT2D eigenvalue weighted by molar-refractivity contribution is 5.61. The quantitative estimate of drug-likeness (QED) is 0.189. The van der Waals surface area contributed by atoms with Crippen LogP contribution in [0.25, 0.3) is 5.57 Å². The van der Waals surface area contributed by atoms with Crippen LogP contribution in [-0.4, -0.2) is 47.6 Å².